The molecule has 1 rings (SSSR count). The van der Waals surface area contributed by atoms with E-state index in [0.717, 1.165) is 38.3 Å². The van der Waals surface area contributed by atoms with E-state index in [1.54, 1.807) is 0 Å². The van der Waals surface area contributed by atoms with Crippen LogP contribution in [0.4, 0.5) is 0 Å². The zero-order chi connectivity index (χ0) is 10.4. The van der Waals surface area contributed by atoms with E-state index < -0.39 is 0 Å². The van der Waals surface area contributed by atoms with Gasteiger partial charge in [-0.25, -0.2) is 0 Å². The summed E-state index contributed by atoms with van der Waals surface area (Å²) in [4.78, 5) is 17.6. The van der Waals surface area contributed by atoms with Crippen LogP contribution in [0.1, 0.15) is 26.7 Å². The van der Waals surface area contributed by atoms with Crippen molar-refractivity contribution in [2.75, 3.05) is 26.2 Å². The van der Waals surface area contributed by atoms with Crippen LogP contribution in [0.2, 0.25) is 0 Å². The van der Waals surface area contributed by atoms with E-state index in [2.05, 4.69) is 10.3 Å². The number of hydrogen-bond donors (Lipinski definition) is 1. The Labute approximate surface area is 85.4 Å². The Morgan fingerprint density at radius 1 is 1.50 bits per heavy atom. The van der Waals surface area contributed by atoms with E-state index in [4.69, 9.17) is 0 Å². The average molecular weight is 197 g/mol. The first-order valence-electron chi connectivity index (χ1n) is 5.32. The number of carbonyl (C=O) groups is 1. The summed E-state index contributed by atoms with van der Waals surface area (Å²) in [7, 11) is 0. The second kappa shape index (κ2) is 5.62. The summed E-state index contributed by atoms with van der Waals surface area (Å²) in [6.07, 6.45) is 2.10. The third-order valence-corrected chi connectivity index (χ3v) is 2.43. The molecule has 1 amide bonds. The van der Waals surface area contributed by atoms with E-state index >= 15 is 0 Å². The second-order valence-corrected chi connectivity index (χ2v) is 3.35. The quantitative estimate of drug-likeness (QED) is 0.718. The SMILES string of the molecule is CCN(CC)C(=O)CNC1=NCCC1. The molecule has 4 nitrogen and oxygen atoms in total. The molecule has 4 heteroatoms. The predicted molar refractivity (Wildman–Crippen MR) is 57.5 cm³/mol. The Kier molecular flexibility index (Phi) is 4.43. The minimum Gasteiger partial charge on any atom is -0.365 e. The first-order valence-corrected chi connectivity index (χ1v) is 5.32. The smallest absolute Gasteiger partial charge is 0.241 e. The lowest BCUT2D eigenvalue weighted by Crippen LogP contribution is -2.39. The van der Waals surface area contributed by atoms with E-state index in [-0.39, 0.29) is 5.91 Å². The largest absolute Gasteiger partial charge is 0.365 e. The van der Waals surface area contributed by atoms with Gasteiger partial charge in [0.15, 0.2) is 0 Å². The molecule has 0 aromatic carbocycles. The molecule has 1 aliphatic heterocycles. The van der Waals surface area contributed by atoms with Crippen LogP contribution in [-0.2, 0) is 4.79 Å². The normalized spacial score (nSPS) is 15.1. The molecule has 0 spiro atoms. The Hall–Kier alpha value is -1.06. The molecule has 0 unspecified atom stereocenters. The highest BCUT2D eigenvalue weighted by Crippen LogP contribution is 2.00. The molecule has 0 fully saturated rings. The third kappa shape index (κ3) is 3.01. The van der Waals surface area contributed by atoms with Crippen molar-refractivity contribution in [2.24, 2.45) is 4.99 Å². The fourth-order valence-electron chi connectivity index (χ4n) is 1.55. The van der Waals surface area contributed by atoms with Gasteiger partial charge in [0.05, 0.1) is 12.4 Å². The Bertz CT molecular complexity index is 221. The summed E-state index contributed by atoms with van der Waals surface area (Å²) >= 11 is 0. The lowest BCUT2D eigenvalue weighted by molar-refractivity contribution is -0.129. The summed E-state index contributed by atoms with van der Waals surface area (Å²) < 4.78 is 0. The number of hydrogen-bond acceptors (Lipinski definition) is 3. The number of likely N-dealkylation sites (N-methyl/N-ethyl adjacent to an activating group) is 1. The number of amides is 1. The molecule has 0 saturated heterocycles. The molecule has 0 aromatic rings. The number of aliphatic imine (C=N–C) groups is 1. The van der Waals surface area contributed by atoms with Crippen molar-refractivity contribution < 1.29 is 4.79 Å². The van der Waals surface area contributed by atoms with Gasteiger partial charge in [-0.2, -0.15) is 0 Å². The number of nitrogens with one attached hydrogen (secondary N) is 1. The molecule has 80 valence electrons. The highest BCUT2D eigenvalue weighted by Gasteiger charge is 2.11. The van der Waals surface area contributed by atoms with Gasteiger partial charge in [-0.1, -0.05) is 0 Å². The summed E-state index contributed by atoms with van der Waals surface area (Å²) in [6.45, 7) is 6.85. The molecule has 1 N–H and O–H groups in total. The lowest BCUT2D eigenvalue weighted by Gasteiger charge is -2.18. The van der Waals surface area contributed by atoms with Gasteiger partial charge in [0.2, 0.25) is 5.91 Å². The minimum atomic E-state index is 0.157. The van der Waals surface area contributed by atoms with Gasteiger partial charge in [-0.15, -0.1) is 0 Å². The van der Waals surface area contributed by atoms with Gasteiger partial charge in [0.1, 0.15) is 0 Å². The maximum absolute atomic E-state index is 11.6. The van der Waals surface area contributed by atoms with Gasteiger partial charge < -0.3 is 10.2 Å². The first-order chi connectivity index (χ1) is 6.77. The van der Waals surface area contributed by atoms with Crippen LogP contribution >= 0.6 is 0 Å². The van der Waals surface area contributed by atoms with E-state index in [1.165, 1.54) is 0 Å². The third-order valence-electron chi connectivity index (χ3n) is 2.43. The van der Waals surface area contributed by atoms with Crippen LogP contribution in [0.15, 0.2) is 4.99 Å². The van der Waals surface area contributed by atoms with E-state index in [9.17, 15) is 4.79 Å². The molecule has 14 heavy (non-hydrogen) atoms. The molecule has 0 bridgehead atoms. The molecule has 0 saturated carbocycles. The van der Waals surface area contributed by atoms with Gasteiger partial charge >= 0.3 is 0 Å². The lowest BCUT2D eigenvalue weighted by atomic mass is 10.3. The number of nitrogens with zero attached hydrogens (tertiary/aromatic N) is 2. The van der Waals surface area contributed by atoms with Gasteiger partial charge in [0.25, 0.3) is 0 Å². The first kappa shape index (κ1) is 11.0. The molecule has 0 radical (unpaired) electrons. The fraction of sp³-hybridized carbons (Fsp3) is 0.800. The molecule has 0 aromatic heterocycles. The molecule has 0 aliphatic carbocycles. The summed E-state index contributed by atoms with van der Waals surface area (Å²) in [6, 6.07) is 0. The van der Waals surface area contributed by atoms with Crippen molar-refractivity contribution >= 4 is 11.7 Å². The monoisotopic (exact) mass is 197 g/mol. The van der Waals surface area contributed by atoms with Crippen molar-refractivity contribution in [3.8, 4) is 0 Å². The van der Waals surface area contributed by atoms with Crippen molar-refractivity contribution in [3.05, 3.63) is 0 Å². The highest BCUT2D eigenvalue weighted by molar-refractivity contribution is 5.88. The van der Waals surface area contributed by atoms with Crippen molar-refractivity contribution in [2.45, 2.75) is 26.7 Å². The van der Waals surface area contributed by atoms with Crippen LogP contribution in [0.25, 0.3) is 0 Å². The van der Waals surface area contributed by atoms with Crippen LogP contribution in [0.5, 0.6) is 0 Å². The zero-order valence-corrected chi connectivity index (χ0v) is 9.05. The van der Waals surface area contributed by atoms with Crippen LogP contribution < -0.4 is 5.32 Å². The maximum Gasteiger partial charge on any atom is 0.241 e. The Morgan fingerprint density at radius 2 is 2.21 bits per heavy atom. The molecule has 0 atom stereocenters. The topological polar surface area (TPSA) is 44.7 Å². The fourth-order valence-corrected chi connectivity index (χ4v) is 1.55. The van der Waals surface area contributed by atoms with Gasteiger partial charge in [-0.05, 0) is 20.3 Å². The van der Waals surface area contributed by atoms with Gasteiger partial charge in [0, 0.05) is 26.1 Å². The van der Waals surface area contributed by atoms with Crippen LogP contribution in [0, 0.1) is 0 Å². The highest BCUT2D eigenvalue weighted by atomic mass is 16.2. The van der Waals surface area contributed by atoms with E-state index in [1.807, 2.05) is 18.7 Å². The average Bonchev–Trinajstić information content (AvgIpc) is 2.69. The molecule has 1 aliphatic rings. The predicted octanol–water partition coefficient (Wildman–Crippen LogP) is 0.637. The number of carbonyl (C=O) groups excluding carboxylic acids is 1. The molecule has 1 heterocycles. The minimum absolute atomic E-state index is 0.157. The number of amidine groups is 1. The van der Waals surface area contributed by atoms with Crippen molar-refractivity contribution in [1.29, 1.82) is 0 Å². The van der Waals surface area contributed by atoms with Crippen molar-refractivity contribution in [1.82, 2.24) is 10.2 Å². The summed E-state index contributed by atoms with van der Waals surface area (Å²) in [5.41, 5.74) is 0. The number of rotatable bonds is 4. The second-order valence-electron chi connectivity index (χ2n) is 3.35. The zero-order valence-electron chi connectivity index (χ0n) is 9.05. The Balaban J connectivity index is 2.26. The summed E-state index contributed by atoms with van der Waals surface area (Å²) in [5.74, 6) is 1.15. The maximum atomic E-state index is 11.6. The standard InChI is InChI=1S/C10H19N3O/c1-3-13(4-2)10(14)8-12-9-6-5-7-11-9/h3-8H2,1-2H3,(H,11,12). The van der Waals surface area contributed by atoms with Gasteiger partial charge in [-0.3, -0.25) is 9.79 Å². The summed E-state index contributed by atoms with van der Waals surface area (Å²) in [5, 5.41) is 3.09. The van der Waals surface area contributed by atoms with Crippen LogP contribution in [0.3, 0.4) is 0 Å². The molecular weight excluding hydrogens is 178 g/mol. The van der Waals surface area contributed by atoms with E-state index in [0.29, 0.717) is 6.54 Å². The van der Waals surface area contributed by atoms with Crippen LogP contribution in [-0.4, -0.2) is 42.8 Å². The molecular formula is C10H19N3O. The van der Waals surface area contributed by atoms with Crippen molar-refractivity contribution in [3.63, 3.8) is 0 Å². The Morgan fingerprint density at radius 3 is 2.71 bits per heavy atom.